The SMILES string of the molecule is O=C(OCCc1ccncc1)c1ccc2nc(-c3cc(Cl)cc(Cl)c3)oc2c1. The minimum atomic E-state index is -0.417. The average Bonchev–Trinajstić information content (AvgIpc) is 3.11. The van der Waals surface area contributed by atoms with E-state index in [1.807, 2.05) is 12.1 Å². The fourth-order valence-corrected chi connectivity index (χ4v) is 3.27. The van der Waals surface area contributed by atoms with E-state index >= 15 is 0 Å². The van der Waals surface area contributed by atoms with E-state index < -0.39 is 5.97 Å². The van der Waals surface area contributed by atoms with Crippen LogP contribution in [0.3, 0.4) is 0 Å². The summed E-state index contributed by atoms with van der Waals surface area (Å²) in [5.41, 5.74) is 3.22. The van der Waals surface area contributed by atoms with Crippen LogP contribution in [0.5, 0.6) is 0 Å². The second kappa shape index (κ2) is 8.00. The highest BCUT2D eigenvalue weighted by Crippen LogP contribution is 2.29. The number of carbonyl (C=O) groups excluding carboxylic acids is 1. The Balaban J connectivity index is 1.50. The van der Waals surface area contributed by atoms with Gasteiger partial charge in [-0.1, -0.05) is 23.2 Å². The fraction of sp³-hybridized carbons (Fsp3) is 0.0952. The van der Waals surface area contributed by atoms with Crippen molar-refractivity contribution < 1.29 is 13.9 Å². The lowest BCUT2D eigenvalue weighted by Crippen LogP contribution is -2.08. The molecule has 0 unspecified atom stereocenters. The summed E-state index contributed by atoms with van der Waals surface area (Å²) in [5, 5.41) is 0.978. The molecule has 0 N–H and O–H groups in total. The predicted octanol–water partition coefficient (Wildman–Crippen LogP) is 5.60. The Morgan fingerprint density at radius 2 is 1.75 bits per heavy atom. The molecule has 0 fully saturated rings. The van der Waals surface area contributed by atoms with Gasteiger partial charge in [0.1, 0.15) is 5.52 Å². The van der Waals surface area contributed by atoms with E-state index in [4.69, 9.17) is 32.4 Å². The lowest BCUT2D eigenvalue weighted by Gasteiger charge is -2.04. The summed E-state index contributed by atoms with van der Waals surface area (Å²) in [6, 6.07) is 13.8. The third-order valence-corrected chi connectivity index (χ3v) is 4.54. The molecule has 2 aromatic heterocycles. The molecule has 0 amide bonds. The highest BCUT2D eigenvalue weighted by Gasteiger charge is 2.14. The van der Waals surface area contributed by atoms with Gasteiger partial charge in [-0.3, -0.25) is 4.98 Å². The number of hydrogen-bond acceptors (Lipinski definition) is 5. The Kier molecular flexibility index (Phi) is 5.28. The van der Waals surface area contributed by atoms with Crippen molar-refractivity contribution in [3.05, 3.63) is 82.1 Å². The van der Waals surface area contributed by atoms with Crippen molar-refractivity contribution in [2.24, 2.45) is 0 Å². The molecule has 0 saturated heterocycles. The quantitative estimate of drug-likeness (QED) is 0.399. The van der Waals surface area contributed by atoms with E-state index in [1.54, 1.807) is 48.8 Å². The number of esters is 1. The Morgan fingerprint density at radius 1 is 1.00 bits per heavy atom. The molecule has 0 bridgehead atoms. The summed E-state index contributed by atoms with van der Waals surface area (Å²) in [4.78, 5) is 20.7. The van der Waals surface area contributed by atoms with Gasteiger partial charge in [0.05, 0.1) is 12.2 Å². The van der Waals surface area contributed by atoms with Crippen LogP contribution in [0.15, 0.2) is 65.3 Å². The van der Waals surface area contributed by atoms with Gasteiger partial charge in [0, 0.05) is 34.4 Å². The maximum atomic E-state index is 12.3. The van der Waals surface area contributed by atoms with Gasteiger partial charge in [-0.05, 0) is 54.1 Å². The van der Waals surface area contributed by atoms with Gasteiger partial charge in [-0.2, -0.15) is 0 Å². The molecule has 28 heavy (non-hydrogen) atoms. The first-order valence-electron chi connectivity index (χ1n) is 8.51. The molecule has 4 aromatic rings. The zero-order valence-corrected chi connectivity index (χ0v) is 16.1. The molecule has 140 valence electrons. The molecule has 0 aliphatic carbocycles. The summed E-state index contributed by atoms with van der Waals surface area (Å²) in [6.07, 6.45) is 4.04. The van der Waals surface area contributed by atoms with Crippen molar-refractivity contribution in [2.75, 3.05) is 6.61 Å². The van der Waals surface area contributed by atoms with E-state index in [1.165, 1.54) is 0 Å². The minimum Gasteiger partial charge on any atom is -0.462 e. The number of oxazole rings is 1. The number of fused-ring (bicyclic) bond motifs is 1. The van der Waals surface area contributed by atoms with Crippen LogP contribution in [-0.2, 0) is 11.2 Å². The van der Waals surface area contributed by atoms with Crippen molar-refractivity contribution in [3.8, 4) is 11.5 Å². The van der Waals surface area contributed by atoms with Crippen LogP contribution in [0.25, 0.3) is 22.6 Å². The van der Waals surface area contributed by atoms with Crippen molar-refractivity contribution in [3.63, 3.8) is 0 Å². The van der Waals surface area contributed by atoms with E-state index in [-0.39, 0.29) is 6.61 Å². The second-order valence-electron chi connectivity index (χ2n) is 6.10. The number of aromatic nitrogens is 2. The summed E-state index contributed by atoms with van der Waals surface area (Å²) in [5.74, 6) is -0.0395. The van der Waals surface area contributed by atoms with Crippen LogP contribution < -0.4 is 0 Å². The molecular weight excluding hydrogens is 399 g/mol. The standard InChI is InChI=1S/C21H14Cl2N2O3/c22-16-9-15(10-17(23)12-16)20-25-18-2-1-14(11-19(18)28-20)21(26)27-8-5-13-3-6-24-7-4-13/h1-4,6-7,9-12H,5,8H2. The maximum Gasteiger partial charge on any atom is 0.338 e. The summed E-state index contributed by atoms with van der Waals surface area (Å²) < 4.78 is 11.1. The topological polar surface area (TPSA) is 65.2 Å². The van der Waals surface area contributed by atoms with Gasteiger partial charge in [0.25, 0.3) is 0 Å². The van der Waals surface area contributed by atoms with Crippen LogP contribution >= 0.6 is 23.2 Å². The number of hydrogen-bond donors (Lipinski definition) is 0. The zero-order valence-electron chi connectivity index (χ0n) is 14.6. The van der Waals surface area contributed by atoms with Crippen molar-refractivity contribution in [1.82, 2.24) is 9.97 Å². The fourth-order valence-electron chi connectivity index (χ4n) is 2.75. The largest absolute Gasteiger partial charge is 0.462 e. The molecule has 0 radical (unpaired) electrons. The first kappa shape index (κ1) is 18.5. The number of pyridine rings is 1. The number of halogens is 2. The normalized spacial score (nSPS) is 10.9. The molecule has 7 heteroatoms. The first-order chi connectivity index (χ1) is 13.6. The Hall–Kier alpha value is -2.89. The van der Waals surface area contributed by atoms with Crippen molar-refractivity contribution in [2.45, 2.75) is 6.42 Å². The van der Waals surface area contributed by atoms with E-state index in [9.17, 15) is 4.79 Å². The molecule has 5 nitrogen and oxygen atoms in total. The molecule has 0 spiro atoms. The molecule has 2 aromatic carbocycles. The van der Waals surface area contributed by atoms with Gasteiger partial charge in [0.15, 0.2) is 5.58 Å². The zero-order chi connectivity index (χ0) is 19.5. The summed E-state index contributed by atoms with van der Waals surface area (Å²) in [7, 11) is 0. The number of nitrogens with zero attached hydrogens (tertiary/aromatic N) is 2. The molecule has 0 saturated carbocycles. The van der Waals surface area contributed by atoms with Gasteiger partial charge >= 0.3 is 5.97 Å². The third kappa shape index (κ3) is 4.16. The molecule has 2 heterocycles. The highest BCUT2D eigenvalue weighted by molar-refractivity contribution is 6.35. The molecule has 0 aliphatic heterocycles. The Labute approximate surface area is 170 Å². The average molecular weight is 413 g/mol. The number of ether oxygens (including phenoxy) is 1. The van der Waals surface area contributed by atoms with E-state index in [0.717, 1.165) is 5.56 Å². The Bertz CT molecular complexity index is 1120. The van der Waals surface area contributed by atoms with Crippen molar-refractivity contribution in [1.29, 1.82) is 0 Å². The lowest BCUT2D eigenvalue weighted by atomic mass is 10.2. The van der Waals surface area contributed by atoms with Gasteiger partial charge < -0.3 is 9.15 Å². The highest BCUT2D eigenvalue weighted by atomic mass is 35.5. The smallest absolute Gasteiger partial charge is 0.338 e. The molecular formula is C21H14Cl2N2O3. The van der Waals surface area contributed by atoms with Crippen LogP contribution in [0, 0.1) is 0 Å². The van der Waals surface area contributed by atoms with E-state index in [0.29, 0.717) is 44.6 Å². The van der Waals surface area contributed by atoms with Crippen LogP contribution in [0.1, 0.15) is 15.9 Å². The summed E-state index contributed by atoms with van der Waals surface area (Å²) in [6.45, 7) is 0.281. The van der Waals surface area contributed by atoms with E-state index in [2.05, 4.69) is 9.97 Å². The lowest BCUT2D eigenvalue weighted by molar-refractivity contribution is 0.0509. The maximum absolute atomic E-state index is 12.3. The monoisotopic (exact) mass is 412 g/mol. The number of rotatable bonds is 5. The van der Waals surface area contributed by atoms with Gasteiger partial charge in [-0.25, -0.2) is 9.78 Å². The van der Waals surface area contributed by atoms with Gasteiger partial charge in [-0.15, -0.1) is 0 Å². The van der Waals surface area contributed by atoms with Crippen LogP contribution in [-0.4, -0.2) is 22.5 Å². The number of benzene rings is 2. The van der Waals surface area contributed by atoms with Crippen molar-refractivity contribution >= 4 is 40.3 Å². The third-order valence-electron chi connectivity index (χ3n) is 4.11. The van der Waals surface area contributed by atoms with Crippen LogP contribution in [0.2, 0.25) is 10.0 Å². The predicted molar refractivity (Wildman–Crippen MR) is 108 cm³/mol. The summed E-state index contributed by atoms with van der Waals surface area (Å²) >= 11 is 12.1. The number of carbonyl (C=O) groups is 1. The van der Waals surface area contributed by atoms with Gasteiger partial charge in [0.2, 0.25) is 5.89 Å². The van der Waals surface area contributed by atoms with Crippen LogP contribution in [0.4, 0.5) is 0 Å². The second-order valence-corrected chi connectivity index (χ2v) is 6.97. The molecule has 0 aliphatic rings. The Morgan fingerprint density at radius 3 is 2.50 bits per heavy atom. The first-order valence-corrected chi connectivity index (χ1v) is 9.27. The molecule has 0 atom stereocenters. The molecule has 4 rings (SSSR count). The minimum absolute atomic E-state index is 0.281.